The van der Waals surface area contributed by atoms with Crippen molar-refractivity contribution >= 4 is 11.6 Å². The Balaban J connectivity index is 2.82. The molecule has 1 rings (SSSR count). The van der Waals surface area contributed by atoms with Gasteiger partial charge in [-0.3, -0.25) is 5.43 Å². The van der Waals surface area contributed by atoms with E-state index in [1.165, 1.54) is 0 Å². The topological polar surface area (TPSA) is 38.0 Å². The van der Waals surface area contributed by atoms with E-state index in [0.717, 1.165) is 5.56 Å². The van der Waals surface area contributed by atoms with Crippen LogP contribution in [-0.4, -0.2) is 0 Å². The van der Waals surface area contributed by atoms with Gasteiger partial charge in [0.2, 0.25) is 0 Å². The van der Waals surface area contributed by atoms with E-state index in [9.17, 15) is 0 Å². The van der Waals surface area contributed by atoms with Crippen LogP contribution in [-0.2, 0) is 0 Å². The lowest BCUT2D eigenvalue weighted by molar-refractivity contribution is 1.01. The summed E-state index contributed by atoms with van der Waals surface area (Å²) in [5, 5.41) is 0.705. The third kappa shape index (κ3) is 2.50. The smallest absolute Gasteiger partial charge is 0.0406 e. The molecular weight excluding hydrogens is 160 g/mol. The van der Waals surface area contributed by atoms with Crippen molar-refractivity contribution in [3.63, 3.8) is 0 Å². The standard InChI is InChI=1S/C8H7ClN2/c9-8-3-1-7(2-4-8)5-6-11-10/h1-4,11H,10H2. The van der Waals surface area contributed by atoms with Crippen LogP contribution in [0.25, 0.3) is 0 Å². The highest BCUT2D eigenvalue weighted by Crippen LogP contribution is 2.07. The van der Waals surface area contributed by atoms with Gasteiger partial charge < -0.3 is 0 Å². The average molecular weight is 167 g/mol. The second-order valence-electron chi connectivity index (χ2n) is 1.90. The first-order valence-electron chi connectivity index (χ1n) is 3.05. The van der Waals surface area contributed by atoms with Gasteiger partial charge in [-0.05, 0) is 30.2 Å². The van der Waals surface area contributed by atoms with E-state index in [2.05, 4.69) is 17.4 Å². The van der Waals surface area contributed by atoms with Crippen molar-refractivity contribution in [2.24, 2.45) is 5.84 Å². The highest BCUT2D eigenvalue weighted by molar-refractivity contribution is 6.30. The Labute approximate surface area is 70.3 Å². The molecule has 0 saturated heterocycles. The maximum Gasteiger partial charge on any atom is 0.0406 e. The Morgan fingerprint density at radius 1 is 1.27 bits per heavy atom. The summed E-state index contributed by atoms with van der Waals surface area (Å²) in [6.07, 6.45) is 0. The van der Waals surface area contributed by atoms with Gasteiger partial charge in [0.15, 0.2) is 0 Å². The number of hydrazine groups is 1. The third-order valence-corrected chi connectivity index (χ3v) is 1.38. The van der Waals surface area contributed by atoms with Crippen molar-refractivity contribution in [2.75, 3.05) is 0 Å². The Morgan fingerprint density at radius 2 is 1.91 bits per heavy atom. The van der Waals surface area contributed by atoms with Crippen LogP contribution in [0.4, 0.5) is 0 Å². The molecule has 0 aromatic heterocycles. The molecule has 1 aromatic rings. The molecule has 0 spiro atoms. The summed E-state index contributed by atoms with van der Waals surface area (Å²) in [7, 11) is 0. The quantitative estimate of drug-likeness (QED) is 0.262. The molecule has 0 radical (unpaired) electrons. The molecular formula is C8H7ClN2. The van der Waals surface area contributed by atoms with Crippen LogP contribution >= 0.6 is 11.6 Å². The molecule has 0 fully saturated rings. The summed E-state index contributed by atoms with van der Waals surface area (Å²) in [6, 6.07) is 9.73. The van der Waals surface area contributed by atoms with Crippen LogP contribution in [0.3, 0.4) is 0 Å². The Bertz CT molecular complexity index is 281. The van der Waals surface area contributed by atoms with Crippen molar-refractivity contribution in [1.82, 2.24) is 5.43 Å². The van der Waals surface area contributed by atoms with E-state index in [1.54, 1.807) is 12.1 Å². The number of rotatable bonds is 0. The van der Waals surface area contributed by atoms with Crippen molar-refractivity contribution in [2.45, 2.75) is 0 Å². The summed E-state index contributed by atoms with van der Waals surface area (Å²) in [5.41, 5.74) is 3.12. The van der Waals surface area contributed by atoms with E-state index in [-0.39, 0.29) is 0 Å². The van der Waals surface area contributed by atoms with Gasteiger partial charge in [0.1, 0.15) is 0 Å². The lowest BCUT2D eigenvalue weighted by Gasteiger charge is -1.89. The molecule has 0 aliphatic heterocycles. The molecule has 0 bridgehead atoms. The van der Waals surface area contributed by atoms with Crippen molar-refractivity contribution in [3.05, 3.63) is 34.9 Å². The van der Waals surface area contributed by atoms with Gasteiger partial charge in [0.05, 0.1) is 0 Å². The Hall–Kier alpha value is -1.17. The molecule has 0 amide bonds. The minimum Gasteiger partial charge on any atom is -0.283 e. The summed E-state index contributed by atoms with van der Waals surface area (Å²) in [5.74, 6) is 7.73. The molecule has 0 atom stereocenters. The van der Waals surface area contributed by atoms with E-state index in [1.807, 2.05) is 12.1 Å². The van der Waals surface area contributed by atoms with Gasteiger partial charge in [-0.2, -0.15) is 0 Å². The second kappa shape index (κ2) is 3.87. The molecule has 0 saturated carbocycles. The summed E-state index contributed by atoms with van der Waals surface area (Å²) in [6.45, 7) is 0. The fraction of sp³-hybridized carbons (Fsp3) is 0. The minimum absolute atomic E-state index is 0.705. The van der Waals surface area contributed by atoms with E-state index >= 15 is 0 Å². The average Bonchev–Trinajstić information content (AvgIpc) is 2.04. The minimum atomic E-state index is 0.705. The molecule has 56 valence electrons. The molecule has 0 aliphatic carbocycles. The summed E-state index contributed by atoms with van der Waals surface area (Å²) >= 11 is 5.66. The number of nitrogens with two attached hydrogens (primary N) is 1. The Kier molecular flexibility index (Phi) is 2.79. The number of halogens is 1. The maximum atomic E-state index is 5.66. The molecule has 0 unspecified atom stereocenters. The maximum absolute atomic E-state index is 5.66. The van der Waals surface area contributed by atoms with Crippen molar-refractivity contribution in [3.8, 4) is 12.0 Å². The fourth-order valence-corrected chi connectivity index (χ4v) is 0.767. The third-order valence-electron chi connectivity index (χ3n) is 1.12. The van der Waals surface area contributed by atoms with Crippen LogP contribution in [0.1, 0.15) is 5.56 Å². The van der Waals surface area contributed by atoms with Crippen molar-refractivity contribution < 1.29 is 0 Å². The van der Waals surface area contributed by atoms with Gasteiger partial charge in [-0.15, -0.1) is 0 Å². The molecule has 0 aliphatic rings. The van der Waals surface area contributed by atoms with Crippen molar-refractivity contribution in [1.29, 1.82) is 0 Å². The normalized spacial score (nSPS) is 8.18. The highest BCUT2D eigenvalue weighted by Gasteiger charge is 1.85. The fourth-order valence-electron chi connectivity index (χ4n) is 0.641. The largest absolute Gasteiger partial charge is 0.283 e. The van der Waals surface area contributed by atoms with E-state index < -0.39 is 0 Å². The zero-order valence-corrected chi connectivity index (χ0v) is 6.52. The molecule has 3 N–H and O–H groups in total. The van der Waals surface area contributed by atoms with E-state index in [4.69, 9.17) is 17.4 Å². The number of nitrogens with one attached hydrogen (secondary N) is 1. The zero-order valence-electron chi connectivity index (χ0n) is 5.76. The van der Waals surface area contributed by atoms with E-state index in [0.29, 0.717) is 5.02 Å². The summed E-state index contributed by atoms with van der Waals surface area (Å²) < 4.78 is 0. The highest BCUT2D eigenvalue weighted by atomic mass is 35.5. The van der Waals surface area contributed by atoms with Crippen LogP contribution in [0.5, 0.6) is 0 Å². The molecule has 11 heavy (non-hydrogen) atoms. The SMILES string of the molecule is NNC#Cc1ccc(Cl)cc1. The predicted octanol–water partition coefficient (Wildman–Crippen LogP) is 1.11. The predicted molar refractivity (Wildman–Crippen MR) is 45.7 cm³/mol. The monoisotopic (exact) mass is 166 g/mol. The van der Waals surface area contributed by atoms with Crippen LogP contribution < -0.4 is 11.3 Å². The molecule has 2 nitrogen and oxygen atoms in total. The van der Waals surface area contributed by atoms with Crippen LogP contribution in [0.2, 0.25) is 5.02 Å². The van der Waals surface area contributed by atoms with Gasteiger partial charge in [0.25, 0.3) is 0 Å². The first kappa shape index (κ1) is 7.93. The number of hydrogen-bond acceptors (Lipinski definition) is 2. The molecule has 1 aromatic carbocycles. The molecule has 0 heterocycles. The Morgan fingerprint density at radius 3 is 2.45 bits per heavy atom. The summed E-state index contributed by atoms with van der Waals surface area (Å²) in [4.78, 5) is 0. The first-order chi connectivity index (χ1) is 5.33. The van der Waals surface area contributed by atoms with Gasteiger partial charge in [-0.25, -0.2) is 5.84 Å². The first-order valence-corrected chi connectivity index (χ1v) is 3.43. The van der Waals surface area contributed by atoms with Crippen LogP contribution in [0, 0.1) is 12.0 Å². The van der Waals surface area contributed by atoms with Gasteiger partial charge >= 0.3 is 0 Å². The second-order valence-corrected chi connectivity index (χ2v) is 2.34. The van der Waals surface area contributed by atoms with Crippen LogP contribution in [0.15, 0.2) is 24.3 Å². The van der Waals surface area contributed by atoms with Gasteiger partial charge in [0, 0.05) is 16.6 Å². The molecule has 3 heteroatoms. The number of benzene rings is 1. The lowest BCUT2D eigenvalue weighted by atomic mass is 10.2. The lowest BCUT2D eigenvalue weighted by Crippen LogP contribution is -2.13. The number of hydrogen-bond donors (Lipinski definition) is 2. The van der Waals surface area contributed by atoms with Gasteiger partial charge in [-0.1, -0.05) is 11.6 Å². The zero-order chi connectivity index (χ0) is 8.10.